The molecular formula is C31H35NO5. The summed E-state index contributed by atoms with van der Waals surface area (Å²) in [6, 6.07) is 15.2. The number of aromatic hydroxyl groups is 1. The number of Topliss-reactive ketones (excluding diaryl/α,β-unsaturated/α-hetero) is 1. The molecule has 0 radical (unpaired) electrons. The molecule has 0 spiro atoms. The van der Waals surface area contributed by atoms with Gasteiger partial charge in [0, 0.05) is 23.7 Å². The average molecular weight is 502 g/mol. The fraction of sp³-hybridized carbons (Fsp3) is 0.452. The van der Waals surface area contributed by atoms with E-state index >= 15 is 0 Å². The van der Waals surface area contributed by atoms with E-state index in [1.165, 1.54) is 6.42 Å². The Morgan fingerprint density at radius 3 is 2.49 bits per heavy atom. The summed E-state index contributed by atoms with van der Waals surface area (Å²) in [5.74, 6) is -0.962. The van der Waals surface area contributed by atoms with Crippen LogP contribution in [0.15, 0.2) is 64.8 Å². The molecule has 0 bridgehead atoms. The molecule has 3 aliphatic rings. The van der Waals surface area contributed by atoms with E-state index in [1.807, 2.05) is 32.0 Å². The summed E-state index contributed by atoms with van der Waals surface area (Å²) in [5, 5.41) is 10.3. The highest BCUT2D eigenvalue weighted by Crippen LogP contribution is 2.47. The predicted molar refractivity (Wildman–Crippen MR) is 142 cm³/mol. The highest BCUT2D eigenvalue weighted by molar-refractivity contribution is 6.12. The quantitative estimate of drug-likeness (QED) is 0.474. The van der Waals surface area contributed by atoms with Gasteiger partial charge in [0.1, 0.15) is 11.9 Å². The van der Waals surface area contributed by atoms with E-state index in [0.717, 1.165) is 42.5 Å². The first kappa shape index (κ1) is 25.2. The third-order valence-electron chi connectivity index (χ3n) is 7.91. The Bertz CT molecular complexity index is 1230. The van der Waals surface area contributed by atoms with Crippen LogP contribution in [0.5, 0.6) is 11.5 Å². The van der Waals surface area contributed by atoms with Crippen LogP contribution >= 0.6 is 0 Å². The molecule has 2 aliphatic carbocycles. The first-order valence-electron chi connectivity index (χ1n) is 13.5. The Morgan fingerprint density at radius 1 is 1.00 bits per heavy atom. The summed E-state index contributed by atoms with van der Waals surface area (Å²) >= 11 is 0. The zero-order chi connectivity index (χ0) is 25.9. The third kappa shape index (κ3) is 5.20. The number of aliphatic imine (C=N–C) groups is 1. The predicted octanol–water partition coefficient (Wildman–Crippen LogP) is 6.24. The Balaban J connectivity index is 1.56. The standard InChI is InChI=1S/C31H35NO5/c1-3-36-27-18-21(14-15-25(27)33)29-28(31(35)37-23-12-8-5-9-13-23)19(2)32-24-16-22(17-26(34)30(24)29)20-10-6-4-7-11-20/h4,6-7,10-11,14-15,18,22-23,29-30,33H,3,5,8-9,12-13,16-17H2,1-2H3/t22-,29-,30?/m1/s1. The van der Waals surface area contributed by atoms with Crippen molar-refractivity contribution in [2.75, 3.05) is 6.61 Å². The maximum atomic E-state index is 13.8. The Hall–Kier alpha value is -3.41. The van der Waals surface area contributed by atoms with Gasteiger partial charge in [0.15, 0.2) is 11.5 Å². The lowest BCUT2D eigenvalue weighted by atomic mass is 9.66. The second kappa shape index (κ2) is 10.9. The summed E-state index contributed by atoms with van der Waals surface area (Å²) < 4.78 is 11.7. The van der Waals surface area contributed by atoms with E-state index in [1.54, 1.807) is 18.2 Å². The van der Waals surface area contributed by atoms with E-state index in [9.17, 15) is 14.7 Å². The molecule has 0 amide bonds. The molecule has 1 N–H and O–H groups in total. The number of esters is 1. The monoisotopic (exact) mass is 501 g/mol. The van der Waals surface area contributed by atoms with Crippen molar-refractivity contribution in [1.29, 1.82) is 0 Å². The van der Waals surface area contributed by atoms with Crippen molar-refractivity contribution in [3.05, 3.63) is 70.9 Å². The molecule has 0 saturated heterocycles. The summed E-state index contributed by atoms with van der Waals surface area (Å²) in [6.45, 7) is 4.08. The van der Waals surface area contributed by atoms with Crippen molar-refractivity contribution in [1.82, 2.24) is 0 Å². The van der Waals surface area contributed by atoms with Gasteiger partial charge in [-0.3, -0.25) is 9.79 Å². The fourth-order valence-corrected chi connectivity index (χ4v) is 6.16. The van der Waals surface area contributed by atoms with Crippen molar-refractivity contribution in [3.63, 3.8) is 0 Å². The third-order valence-corrected chi connectivity index (χ3v) is 7.91. The fourth-order valence-electron chi connectivity index (χ4n) is 6.16. The molecule has 2 fully saturated rings. The van der Waals surface area contributed by atoms with Gasteiger partial charge in [-0.25, -0.2) is 4.79 Å². The number of carbonyl (C=O) groups excluding carboxylic acids is 2. The van der Waals surface area contributed by atoms with Crippen LogP contribution < -0.4 is 4.74 Å². The van der Waals surface area contributed by atoms with Crippen molar-refractivity contribution >= 4 is 17.5 Å². The van der Waals surface area contributed by atoms with Gasteiger partial charge in [0.05, 0.1) is 18.1 Å². The molecule has 0 aromatic heterocycles. The van der Waals surface area contributed by atoms with Crippen LogP contribution in [0.4, 0.5) is 0 Å². The minimum absolute atomic E-state index is 0.0291. The Kier molecular flexibility index (Phi) is 7.45. The Morgan fingerprint density at radius 2 is 1.76 bits per heavy atom. The van der Waals surface area contributed by atoms with Gasteiger partial charge < -0.3 is 14.6 Å². The first-order chi connectivity index (χ1) is 18.0. The van der Waals surface area contributed by atoms with Crippen LogP contribution in [-0.4, -0.2) is 35.3 Å². The van der Waals surface area contributed by atoms with Crippen molar-refractivity contribution < 1.29 is 24.2 Å². The lowest BCUT2D eigenvalue weighted by Crippen LogP contribution is -2.41. The Labute approximate surface area is 218 Å². The van der Waals surface area contributed by atoms with Gasteiger partial charge in [-0.1, -0.05) is 42.8 Å². The maximum Gasteiger partial charge on any atom is 0.336 e. The lowest BCUT2D eigenvalue weighted by molar-refractivity contribution is -0.146. The molecule has 1 heterocycles. The molecular weight excluding hydrogens is 466 g/mol. The van der Waals surface area contributed by atoms with E-state index in [2.05, 4.69) is 12.1 Å². The molecule has 5 rings (SSSR count). The van der Waals surface area contributed by atoms with Crippen LogP contribution in [-0.2, 0) is 14.3 Å². The largest absolute Gasteiger partial charge is 0.504 e. The smallest absolute Gasteiger partial charge is 0.336 e. The average Bonchev–Trinajstić information content (AvgIpc) is 2.90. The number of ether oxygens (including phenoxy) is 2. The number of ketones is 1. The molecule has 2 aromatic carbocycles. The number of nitrogens with zero attached hydrogens (tertiary/aromatic N) is 1. The summed E-state index contributed by atoms with van der Waals surface area (Å²) in [5.41, 5.74) is 3.73. The minimum atomic E-state index is -0.545. The van der Waals surface area contributed by atoms with Crippen molar-refractivity contribution in [2.24, 2.45) is 10.9 Å². The van der Waals surface area contributed by atoms with Gasteiger partial charge in [-0.05, 0) is 75.1 Å². The SMILES string of the molecule is CCOc1cc([C@@H]2C(C(=O)OC3CCCCC3)=C(C)N=C3C[C@@H](c4ccccc4)CC(=O)C32)ccc1O. The molecule has 6 heteroatoms. The number of hydrogen-bond donors (Lipinski definition) is 1. The van der Waals surface area contributed by atoms with E-state index in [-0.39, 0.29) is 29.5 Å². The second-order valence-electron chi connectivity index (χ2n) is 10.4. The number of phenols is 1. The summed E-state index contributed by atoms with van der Waals surface area (Å²) in [6.07, 6.45) is 5.96. The molecule has 6 nitrogen and oxygen atoms in total. The normalized spacial score (nSPS) is 24.3. The number of benzene rings is 2. The van der Waals surface area contributed by atoms with Gasteiger partial charge in [0.2, 0.25) is 0 Å². The van der Waals surface area contributed by atoms with Gasteiger partial charge in [0.25, 0.3) is 0 Å². The molecule has 37 heavy (non-hydrogen) atoms. The van der Waals surface area contributed by atoms with Gasteiger partial charge in [-0.15, -0.1) is 0 Å². The highest BCUT2D eigenvalue weighted by atomic mass is 16.5. The number of fused-ring (bicyclic) bond motifs is 1. The van der Waals surface area contributed by atoms with Gasteiger partial charge in [-0.2, -0.15) is 0 Å². The van der Waals surface area contributed by atoms with Crippen LogP contribution in [0.3, 0.4) is 0 Å². The molecule has 194 valence electrons. The first-order valence-corrected chi connectivity index (χ1v) is 13.5. The minimum Gasteiger partial charge on any atom is -0.504 e. The molecule has 2 saturated carbocycles. The zero-order valence-electron chi connectivity index (χ0n) is 21.6. The van der Waals surface area contributed by atoms with Crippen LogP contribution in [0, 0.1) is 5.92 Å². The number of allylic oxidation sites excluding steroid dienone is 1. The van der Waals surface area contributed by atoms with E-state index < -0.39 is 11.8 Å². The molecule has 3 atom stereocenters. The highest BCUT2D eigenvalue weighted by Gasteiger charge is 2.46. The van der Waals surface area contributed by atoms with Crippen LogP contribution in [0.25, 0.3) is 0 Å². The second-order valence-corrected chi connectivity index (χ2v) is 10.4. The van der Waals surface area contributed by atoms with E-state index in [4.69, 9.17) is 14.5 Å². The topological polar surface area (TPSA) is 85.2 Å². The summed E-state index contributed by atoms with van der Waals surface area (Å²) in [4.78, 5) is 32.3. The number of rotatable bonds is 6. The van der Waals surface area contributed by atoms with Crippen LogP contribution in [0.1, 0.15) is 81.8 Å². The molecule has 1 aliphatic heterocycles. The van der Waals surface area contributed by atoms with Crippen molar-refractivity contribution in [2.45, 2.75) is 76.7 Å². The molecule has 2 aromatic rings. The summed E-state index contributed by atoms with van der Waals surface area (Å²) in [7, 11) is 0. The van der Waals surface area contributed by atoms with E-state index in [0.29, 0.717) is 36.5 Å². The van der Waals surface area contributed by atoms with Crippen LogP contribution in [0.2, 0.25) is 0 Å². The zero-order valence-corrected chi connectivity index (χ0v) is 21.6. The van der Waals surface area contributed by atoms with Gasteiger partial charge >= 0.3 is 5.97 Å². The number of carbonyl (C=O) groups is 2. The van der Waals surface area contributed by atoms with Crippen molar-refractivity contribution in [3.8, 4) is 11.5 Å². The number of hydrogen-bond acceptors (Lipinski definition) is 6. The lowest BCUT2D eigenvalue weighted by Gasteiger charge is -2.38. The number of phenolic OH excluding ortho intramolecular Hbond substituents is 1. The molecule has 1 unspecified atom stereocenters. The maximum absolute atomic E-state index is 13.8.